The van der Waals surface area contributed by atoms with Gasteiger partial charge in [-0.1, -0.05) is 24.3 Å². The van der Waals surface area contributed by atoms with E-state index in [4.69, 9.17) is 4.74 Å². The van der Waals surface area contributed by atoms with E-state index in [0.717, 1.165) is 25.7 Å². The largest absolute Gasteiger partial charge is 0.379 e. The Morgan fingerprint density at radius 1 is 1.38 bits per heavy atom. The Kier molecular flexibility index (Phi) is 6.05. The van der Waals surface area contributed by atoms with Crippen molar-refractivity contribution in [1.29, 1.82) is 0 Å². The summed E-state index contributed by atoms with van der Waals surface area (Å²) in [6.45, 7) is 5.36. The highest BCUT2D eigenvalue weighted by Gasteiger charge is 2.20. The molecule has 0 saturated heterocycles. The fourth-order valence-electron chi connectivity index (χ4n) is 2.71. The molecular formula is C17H26N2O2. The molecule has 0 bridgehead atoms. The number of benzene rings is 1. The van der Waals surface area contributed by atoms with Gasteiger partial charge in [0.1, 0.15) is 0 Å². The van der Waals surface area contributed by atoms with E-state index < -0.39 is 0 Å². The highest BCUT2D eigenvalue weighted by molar-refractivity contribution is 5.74. The lowest BCUT2D eigenvalue weighted by molar-refractivity contribution is 0.0774. The number of carbonyl (C=O) groups excluding carboxylic acids is 1. The van der Waals surface area contributed by atoms with E-state index in [1.54, 1.807) is 0 Å². The van der Waals surface area contributed by atoms with Gasteiger partial charge in [0.15, 0.2) is 0 Å². The summed E-state index contributed by atoms with van der Waals surface area (Å²) in [4.78, 5) is 12.0. The highest BCUT2D eigenvalue weighted by Crippen LogP contribution is 2.29. The van der Waals surface area contributed by atoms with Crippen LogP contribution < -0.4 is 10.6 Å². The van der Waals surface area contributed by atoms with Gasteiger partial charge in [0, 0.05) is 13.2 Å². The third-order valence-electron chi connectivity index (χ3n) is 3.73. The van der Waals surface area contributed by atoms with Crippen LogP contribution in [0.1, 0.15) is 50.3 Å². The molecule has 2 rings (SSSR count). The number of amides is 2. The molecule has 1 atom stereocenters. The molecule has 2 amide bonds. The molecule has 0 unspecified atom stereocenters. The molecule has 0 saturated carbocycles. The van der Waals surface area contributed by atoms with Crippen molar-refractivity contribution in [3.05, 3.63) is 35.4 Å². The third kappa shape index (κ3) is 5.05. The van der Waals surface area contributed by atoms with Crippen LogP contribution in [0.2, 0.25) is 0 Å². The van der Waals surface area contributed by atoms with Crippen molar-refractivity contribution >= 4 is 6.03 Å². The van der Waals surface area contributed by atoms with Gasteiger partial charge in [-0.05, 0) is 50.7 Å². The lowest BCUT2D eigenvalue weighted by atomic mass is 9.88. The van der Waals surface area contributed by atoms with Crippen LogP contribution >= 0.6 is 0 Å². The Balaban J connectivity index is 1.74. The van der Waals surface area contributed by atoms with Crippen molar-refractivity contribution in [3.8, 4) is 0 Å². The second-order valence-corrected chi connectivity index (χ2v) is 5.82. The average Bonchev–Trinajstić information content (AvgIpc) is 2.47. The van der Waals surface area contributed by atoms with Crippen molar-refractivity contribution in [3.63, 3.8) is 0 Å². The molecule has 116 valence electrons. The summed E-state index contributed by atoms with van der Waals surface area (Å²) < 4.78 is 5.45. The van der Waals surface area contributed by atoms with Crippen molar-refractivity contribution < 1.29 is 9.53 Å². The van der Waals surface area contributed by atoms with Crippen molar-refractivity contribution in [2.75, 3.05) is 13.2 Å². The summed E-state index contributed by atoms with van der Waals surface area (Å²) >= 11 is 0. The van der Waals surface area contributed by atoms with Crippen LogP contribution in [0.4, 0.5) is 4.79 Å². The van der Waals surface area contributed by atoms with Gasteiger partial charge < -0.3 is 15.4 Å². The Morgan fingerprint density at radius 3 is 3.00 bits per heavy atom. The van der Waals surface area contributed by atoms with Crippen molar-refractivity contribution in [2.45, 2.75) is 51.7 Å². The van der Waals surface area contributed by atoms with E-state index in [1.165, 1.54) is 11.1 Å². The van der Waals surface area contributed by atoms with Crippen LogP contribution in [0.15, 0.2) is 24.3 Å². The molecule has 0 radical (unpaired) electrons. The molecule has 0 spiro atoms. The summed E-state index contributed by atoms with van der Waals surface area (Å²) in [7, 11) is 0. The van der Waals surface area contributed by atoms with Gasteiger partial charge >= 0.3 is 6.03 Å². The first kappa shape index (κ1) is 15.8. The first-order chi connectivity index (χ1) is 10.2. The number of ether oxygens (including phenoxy) is 1. The van der Waals surface area contributed by atoms with Gasteiger partial charge in [0.05, 0.1) is 12.1 Å². The molecule has 1 aromatic rings. The highest BCUT2D eigenvalue weighted by atomic mass is 16.5. The quantitative estimate of drug-likeness (QED) is 0.791. The van der Waals surface area contributed by atoms with Crippen molar-refractivity contribution in [2.24, 2.45) is 0 Å². The van der Waals surface area contributed by atoms with Crippen LogP contribution in [0.3, 0.4) is 0 Å². The van der Waals surface area contributed by atoms with Crippen LogP contribution in [-0.2, 0) is 11.2 Å². The Labute approximate surface area is 127 Å². The fraction of sp³-hybridized carbons (Fsp3) is 0.588. The number of carbonyl (C=O) groups is 1. The van der Waals surface area contributed by atoms with Crippen LogP contribution in [0.5, 0.6) is 0 Å². The number of aryl methyl sites for hydroxylation is 1. The van der Waals surface area contributed by atoms with Crippen molar-refractivity contribution in [1.82, 2.24) is 10.6 Å². The minimum Gasteiger partial charge on any atom is -0.379 e. The molecule has 0 heterocycles. The Morgan fingerprint density at radius 2 is 2.19 bits per heavy atom. The normalized spacial score (nSPS) is 17.4. The standard InChI is InChI=1S/C17H26N2O2/c1-13(2)21-12-6-11-18-17(20)19-16-10-5-8-14-7-3-4-9-15(14)16/h3-4,7,9,13,16H,5-6,8,10-12H2,1-2H3,(H2,18,19,20)/t16-/m1/s1. The number of nitrogens with one attached hydrogen (secondary N) is 2. The molecule has 0 aromatic heterocycles. The minimum atomic E-state index is -0.0822. The minimum absolute atomic E-state index is 0.0822. The lowest BCUT2D eigenvalue weighted by Gasteiger charge is -2.26. The van der Waals surface area contributed by atoms with E-state index >= 15 is 0 Å². The summed E-state index contributed by atoms with van der Waals surface area (Å²) in [5, 5.41) is 5.99. The first-order valence-corrected chi connectivity index (χ1v) is 7.90. The zero-order valence-corrected chi connectivity index (χ0v) is 13.0. The van der Waals surface area contributed by atoms with Gasteiger partial charge in [0.2, 0.25) is 0 Å². The number of rotatable bonds is 6. The van der Waals surface area contributed by atoms with Crippen LogP contribution in [-0.4, -0.2) is 25.3 Å². The maximum Gasteiger partial charge on any atom is 0.315 e. The number of fused-ring (bicyclic) bond motifs is 1. The summed E-state index contributed by atoms with van der Waals surface area (Å²) in [6, 6.07) is 8.44. The smallest absolute Gasteiger partial charge is 0.315 e. The second-order valence-electron chi connectivity index (χ2n) is 5.82. The monoisotopic (exact) mass is 290 g/mol. The van der Waals surface area contributed by atoms with Crippen LogP contribution in [0.25, 0.3) is 0 Å². The zero-order chi connectivity index (χ0) is 15.1. The molecule has 1 aliphatic rings. The number of hydrogen-bond donors (Lipinski definition) is 2. The maximum absolute atomic E-state index is 12.0. The summed E-state index contributed by atoms with van der Waals surface area (Å²) in [5.41, 5.74) is 2.63. The van der Waals surface area contributed by atoms with E-state index in [2.05, 4.69) is 28.8 Å². The first-order valence-electron chi connectivity index (χ1n) is 7.90. The van der Waals surface area contributed by atoms with Gasteiger partial charge in [-0.2, -0.15) is 0 Å². The Bertz CT molecular complexity index is 460. The SMILES string of the molecule is CC(C)OCCCNC(=O)N[C@@H]1CCCc2ccccc21. The van der Waals surface area contributed by atoms with E-state index in [9.17, 15) is 4.79 Å². The molecule has 4 heteroatoms. The molecule has 0 fully saturated rings. The molecular weight excluding hydrogens is 264 g/mol. The molecule has 1 aromatic carbocycles. The number of urea groups is 1. The van der Waals surface area contributed by atoms with Gasteiger partial charge in [0.25, 0.3) is 0 Å². The summed E-state index contributed by atoms with van der Waals surface area (Å²) in [5.74, 6) is 0. The molecule has 0 aliphatic heterocycles. The van der Waals surface area contributed by atoms with E-state index in [-0.39, 0.29) is 18.2 Å². The molecule has 2 N–H and O–H groups in total. The van der Waals surface area contributed by atoms with Gasteiger partial charge in [-0.25, -0.2) is 4.79 Å². The second kappa shape index (κ2) is 8.03. The average molecular weight is 290 g/mol. The summed E-state index contributed by atoms with van der Waals surface area (Å²) in [6.07, 6.45) is 4.35. The number of hydrogen-bond acceptors (Lipinski definition) is 2. The van der Waals surface area contributed by atoms with Gasteiger partial charge in [-0.15, -0.1) is 0 Å². The molecule has 4 nitrogen and oxygen atoms in total. The molecule has 1 aliphatic carbocycles. The van der Waals surface area contributed by atoms with E-state index in [0.29, 0.717) is 13.2 Å². The van der Waals surface area contributed by atoms with E-state index in [1.807, 2.05) is 19.9 Å². The molecule has 21 heavy (non-hydrogen) atoms. The third-order valence-corrected chi connectivity index (χ3v) is 3.73. The predicted molar refractivity (Wildman–Crippen MR) is 84.4 cm³/mol. The fourth-order valence-corrected chi connectivity index (χ4v) is 2.71. The van der Waals surface area contributed by atoms with Gasteiger partial charge in [-0.3, -0.25) is 0 Å². The lowest BCUT2D eigenvalue weighted by Crippen LogP contribution is -2.39. The topological polar surface area (TPSA) is 50.4 Å². The maximum atomic E-state index is 12.0. The van der Waals surface area contributed by atoms with Crippen LogP contribution in [0, 0.1) is 0 Å². The zero-order valence-electron chi connectivity index (χ0n) is 13.0. The Hall–Kier alpha value is -1.55. The predicted octanol–water partition coefficient (Wildman–Crippen LogP) is 3.18.